The maximum atomic E-state index is 12.0. The number of urea groups is 2. The van der Waals surface area contributed by atoms with Crippen molar-refractivity contribution in [2.24, 2.45) is 23.0 Å². The largest absolute Gasteiger partial charge is 0.481 e. The first-order chi connectivity index (χ1) is 20.4. The molecule has 42 heavy (non-hydrogen) atoms. The molecule has 3 aromatic rings. The van der Waals surface area contributed by atoms with E-state index < -0.39 is 6.03 Å². The van der Waals surface area contributed by atoms with Gasteiger partial charge in [-0.1, -0.05) is 42.0 Å². The van der Waals surface area contributed by atoms with E-state index in [1.807, 2.05) is 6.07 Å². The Morgan fingerprint density at radius 2 is 1.98 bits per heavy atom. The molecular weight excluding hydrogens is 528 g/mol. The van der Waals surface area contributed by atoms with E-state index in [0.717, 1.165) is 54.3 Å². The van der Waals surface area contributed by atoms with Crippen LogP contribution in [0.3, 0.4) is 0 Å². The lowest BCUT2D eigenvalue weighted by Gasteiger charge is -2.33. The molecule has 9 heteroatoms. The van der Waals surface area contributed by atoms with E-state index in [9.17, 15) is 9.59 Å². The summed E-state index contributed by atoms with van der Waals surface area (Å²) in [6, 6.07) is 14.2. The first-order valence-electron chi connectivity index (χ1n) is 15.0. The van der Waals surface area contributed by atoms with Gasteiger partial charge in [-0.25, -0.2) is 19.6 Å². The fourth-order valence-electron chi connectivity index (χ4n) is 7.39. The number of nitrogens with zero attached hydrogens (tertiary/aromatic N) is 2. The number of hydrogen-bond donors (Lipinski definition) is 4. The average molecular weight is 575 g/mol. The summed E-state index contributed by atoms with van der Waals surface area (Å²) in [5, 5.41) is 8.97. The standard InChI is InChI=1S/C18H24N2O.C15H16N4O2.3H2/c1-12-2-4-13(5-3-12)7-9-19-17(21)20-16-10-14-6-8-18(14)11-15(16)18;1-21-13-7-12(17-8-18-13)11-6-5-9-3-2-4-10(9)14(11)19-15(16)20;;;/h2-5,14-16H,6-11H2,1H3,(H2,19,20,21);5-8H,2-4H2,1H3,(H3,16,19,20);3*1H/t14?,15-,16?,18?;;;;/m0..../s1. The summed E-state index contributed by atoms with van der Waals surface area (Å²) in [5.74, 6) is 2.19. The normalized spacial score (nSPS) is 24.1. The zero-order chi connectivity index (χ0) is 29.3. The minimum atomic E-state index is -0.572. The van der Waals surface area contributed by atoms with Crippen molar-refractivity contribution in [2.75, 3.05) is 19.0 Å². The molecule has 3 fully saturated rings. The minimum absolute atomic E-state index is 0. The Morgan fingerprint density at radius 3 is 2.64 bits per heavy atom. The highest BCUT2D eigenvalue weighted by Gasteiger charge is 2.70. The number of aromatic nitrogens is 2. The zero-order valence-corrected chi connectivity index (χ0v) is 24.4. The third-order valence-electron chi connectivity index (χ3n) is 9.77. The lowest BCUT2D eigenvalue weighted by molar-refractivity contribution is 0.164. The summed E-state index contributed by atoms with van der Waals surface area (Å²) in [6.45, 7) is 2.80. The van der Waals surface area contributed by atoms with E-state index in [1.54, 1.807) is 13.2 Å². The van der Waals surface area contributed by atoms with Gasteiger partial charge in [0, 0.05) is 28.5 Å². The monoisotopic (exact) mass is 574 g/mol. The molecule has 4 aliphatic carbocycles. The number of rotatable bonds is 7. The van der Waals surface area contributed by atoms with E-state index in [0.29, 0.717) is 29.6 Å². The molecule has 4 aliphatic rings. The lowest BCUT2D eigenvalue weighted by Crippen LogP contribution is -2.43. The Balaban J connectivity index is 0.000000230. The molecule has 4 amide bonds. The van der Waals surface area contributed by atoms with E-state index in [2.05, 4.69) is 63.2 Å². The van der Waals surface area contributed by atoms with Gasteiger partial charge in [0.05, 0.1) is 18.5 Å². The number of fused-ring (bicyclic) bond motifs is 1. The fourth-order valence-corrected chi connectivity index (χ4v) is 7.39. The third-order valence-corrected chi connectivity index (χ3v) is 9.77. The highest BCUT2D eigenvalue weighted by molar-refractivity contribution is 5.95. The average Bonchev–Trinajstić information content (AvgIpc) is 3.52. The van der Waals surface area contributed by atoms with Gasteiger partial charge in [-0.3, -0.25) is 0 Å². The summed E-state index contributed by atoms with van der Waals surface area (Å²) in [6.07, 6.45) is 10.8. The summed E-state index contributed by atoms with van der Waals surface area (Å²) >= 11 is 0. The molecule has 9 nitrogen and oxygen atoms in total. The molecule has 4 atom stereocenters. The van der Waals surface area contributed by atoms with Crippen LogP contribution < -0.4 is 26.4 Å². The smallest absolute Gasteiger partial charge is 0.316 e. The van der Waals surface area contributed by atoms with Crippen LogP contribution in [-0.4, -0.2) is 41.7 Å². The number of carbonyl (C=O) groups is 2. The zero-order valence-electron chi connectivity index (χ0n) is 24.4. The second kappa shape index (κ2) is 11.6. The van der Waals surface area contributed by atoms with Gasteiger partial charge in [0.25, 0.3) is 0 Å². The molecule has 0 bridgehead atoms. The number of anilines is 1. The molecule has 0 radical (unpaired) electrons. The molecule has 5 N–H and O–H groups in total. The summed E-state index contributed by atoms with van der Waals surface area (Å²) < 4.78 is 5.13. The van der Waals surface area contributed by atoms with Crippen LogP contribution in [0.25, 0.3) is 11.3 Å². The third kappa shape index (κ3) is 5.65. The fraction of sp³-hybridized carbons (Fsp3) is 0.455. The summed E-state index contributed by atoms with van der Waals surface area (Å²) in [5.41, 5.74) is 13.2. The number of methoxy groups -OCH3 is 1. The van der Waals surface area contributed by atoms with Crippen LogP contribution in [0.1, 0.15) is 58.6 Å². The van der Waals surface area contributed by atoms with Gasteiger partial charge in [0.15, 0.2) is 0 Å². The van der Waals surface area contributed by atoms with Crippen molar-refractivity contribution in [1.82, 2.24) is 20.6 Å². The van der Waals surface area contributed by atoms with Gasteiger partial charge in [-0.2, -0.15) is 0 Å². The summed E-state index contributed by atoms with van der Waals surface area (Å²) in [4.78, 5) is 31.6. The molecule has 7 rings (SSSR count). The lowest BCUT2D eigenvalue weighted by atomic mass is 9.71. The number of aryl methyl sites for hydroxylation is 2. The van der Waals surface area contributed by atoms with Gasteiger partial charge < -0.3 is 26.4 Å². The Hall–Kier alpha value is -4.14. The maximum Gasteiger partial charge on any atom is 0.316 e. The van der Waals surface area contributed by atoms with Gasteiger partial charge in [0.2, 0.25) is 5.88 Å². The predicted octanol–water partition coefficient (Wildman–Crippen LogP) is 5.89. The van der Waals surface area contributed by atoms with Gasteiger partial charge in [0.1, 0.15) is 6.33 Å². The van der Waals surface area contributed by atoms with Crippen molar-refractivity contribution in [3.05, 3.63) is 71.0 Å². The SMILES string of the molecule is COc1cc(-c2ccc3c(c2NC(N)=O)CCC3)ncn1.Cc1ccc(CCNC(=O)NC2CC3CCC34C[C@@H]24)cc1.[HH].[HH].[HH]. The van der Waals surface area contributed by atoms with Crippen LogP contribution in [0.5, 0.6) is 5.88 Å². The van der Waals surface area contributed by atoms with Gasteiger partial charge >= 0.3 is 12.1 Å². The van der Waals surface area contributed by atoms with Crippen molar-refractivity contribution >= 4 is 17.7 Å². The number of nitrogens with two attached hydrogens (primary N) is 1. The van der Waals surface area contributed by atoms with Crippen molar-refractivity contribution in [1.29, 1.82) is 0 Å². The number of amides is 4. The second-order valence-electron chi connectivity index (χ2n) is 12.2. The quantitative estimate of drug-likeness (QED) is 0.279. The summed E-state index contributed by atoms with van der Waals surface area (Å²) in [7, 11) is 1.55. The molecule has 226 valence electrons. The van der Waals surface area contributed by atoms with Crippen molar-refractivity contribution in [3.63, 3.8) is 0 Å². The number of primary amides is 1. The second-order valence-corrected chi connectivity index (χ2v) is 12.2. The van der Waals surface area contributed by atoms with Crippen LogP contribution in [0, 0.1) is 24.2 Å². The molecule has 1 aromatic heterocycles. The van der Waals surface area contributed by atoms with Crippen LogP contribution in [0.15, 0.2) is 48.8 Å². The molecule has 2 aromatic carbocycles. The highest BCUT2D eigenvalue weighted by atomic mass is 16.5. The van der Waals surface area contributed by atoms with Crippen LogP contribution in [0.2, 0.25) is 0 Å². The van der Waals surface area contributed by atoms with Crippen molar-refractivity contribution < 1.29 is 18.6 Å². The topological polar surface area (TPSA) is 131 Å². The molecule has 0 saturated heterocycles. The highest BCUT2D eigenvalue weighted by Crippen LogP contribution is 2.75. The number of benzene rings is 2. The van der Waals surface area contributed by atoms with E-state index in [4.69, 9.17) is 10.5 Å². The number of nitrogens with one attached hydrogen (secondary N) is 3. The number of carbonyl (C=O) groups excluding carboxylic acids is 2. The molecular formula is C33H46N6O3. The molecule has 3 unspecified atom stereocenters. The Kier molecular flexibility index (Phi) is 7.75. The van der Waals surface area contributed by atoms with E-state index >= 15 is 0 Å². The van der Waals surface area contributed by atoms with Crippen molar-refractivity contribution in [2.45, 2.75) is 64.3 Å². The van der Waals surface area contributed by atoms with Crippen LogP contribution >= 0.6 is 0 Å². The predicted molar refractivity (Wildman–Crippen MR) is 169 cm³/mol. The Morgan fingerprint density at radius 1 is 1.14 bits per heavy atom. The Bertz CT molecular complexity index is 1490. The van der Waals surface area contributed by atoms with Gasteiger partial charge in [-0.05, 0) is 92.2 Å². The maximum absolute atomic E-state index is 12.0. The van der Waals surface area contributed by atoms with Crippen LogP contribution in [0.4, 0.5) is 15.3 Å². The van der Waals surface area contributed by atoms with E-state index in [1.165, 1.54) is 48.7 Å². The van der Waals surface area contributed by atoms with Gasteiger partial charge in [-0.15, -0.1) is 0 Å². The molecule has 3 saturated carbocycles. The molecule has 1 heterocycles. The first kappa shape index (κ1) is 28.0. The Labute approximate surface area is 251 Å². The number of hydrogen-bond acceptors (Lipinski definition) is 5. The first-order valence-corrected chi connectivity index (χ1v) is 15.0. The van der Waals surface area contributed by atoms with Crippen molar-refractivity contribution in [3.8, 4) is 17.1 Å². The minimum Gasteiger partial charge on any atom is -0.481 e. The number of ether oxygens (including phenoxy) is 1. The molecule has 1 spiro atoms. The van der Waals surface area contributed by atoms with Crippen LogP contribution in [-0.2, 0) is 19.3 Å². The van der Waals surface area contributed by atoms with E-state index in [-0.39, 0.29) is 10.3 Å². The molecule has 0 aliphatic heterocycles.